The molecule has 0 spiro atoms. The van der Waals surface area contributed by atoms with E-state index in [0.717, 1.165) is 6.04 Å². The summed E-state index contributed by atoms with van der Waals surface area (Å²) in [5.41, 5.74) is 4.27. The van der Waals surface area contributed by atoms with Crippen LogP contribution in [0.5, 0.6) is 0 Å². The van der Waals surface area contributed by atoms with Gasteiger partial charge in [-0.2, -0.15) is 0 Å². The Morgan fingerprint density at radius 2 is 1.64 bits per heavy atom. The lowest BCUT2D eigenvalue weighted by Crippen LogP contribution is -2.51. The molecule has 1 aliphatic rings. The van der Waals surface area contributed by atoms with Gasteiger partial charge in [0.25, 0.3) is 0 Å². The zero-order valence-electron chi connectivity index (χ0n) is 9.63. The van der Waals surface area contributed by atoms with Crippen molar-refractivity contribution in [3.8, 4) is 0 Å². The van der Waals surface area contributed by atoms with Crippen LogP contribution in [0.2, 0.25) is 6.55 Å². The van der Waals surface area contributed by atoms with Crippen molar-refractivity contribution in [3.05, 3.63) is 24.6 Å². The third kappa shape index (κ3) is 2.37. The third-order valence-corrected chi connectivity index (χ3v) is 7.25. The fourth-order valence-corrected chi connectivity index (χ4v) is 4.02. The minimum atomic E-state index is -1.53. The largest absolute Gasteiger partial charge is 0.317 e. The van der Waals surface area contributed by atoms with Crippen LogP contribution < -0.4 is 0 Å². The van der Waals surface area contributed by atoms with Gasteiger partial charge in [0.1, 0.15) is 0 Å². The molecule has 0 aliphatic heterocycles. The first-order valence-corrected chi connectivity index (χ1v) is 8.24. The van der Waals surface area contributed by atoms with Gasteiger partial charge in [-0.3, -0.25) is 0 Å². The van der Waals surface area contributed by atoms with E-state index in [0.29, 0.717) is 0 Å². The molecular weight excluding hydrogens is 186 g/mol. The van der Waals surface area contributed by atoms with Crippen LogP contribution in [0, 0.1) is 0 Å². The first kappa shape index (κ1) is 11.7. The molecule has 0 heterocycles. The lowest BCUT2D eigenvalue weighted by Gasteiger charge is -2.40. The standard InChI is InChI=1S/C12H23NSi/c1-5-14(4,6-2)13(3)12-10-8-7-9-11-12/h5-6,12H,1-2,7-11H2,3-4H3. The molecule has 0 radical (unpaired) electrons. The SMILES string of the molecule is C=C[Si](C)(C=C)N(C)C1CCCCC1. The molecule has 1 fully saturated rings. The second-order valence-electron chi connectivity index (χ2n) is 4.54. The molecule has 0 N–H and O–H groups in total. The van der Waals surface area contributed by atoms with Gasteiger partial charge in [-0.05, 0) is 26.4 Å². The Balaban J connectivity index is 2.65. The Hall–Kier alpha value is -0.343. The average molecular weight is 209 g/mol. The van der Waals surface area contributed by atoms with E-state index in [2.05, 4.69) is 42.7 Å². The fourth-order valence-electron chi connectivity index (χ4n) is 2.23. The van der Waals surface area contributed by atoms with Crippen LogP contribution >= 0.6 is 0 Å². The fraction of sp³-hybridized carbons (Fsp3) is 0.667. The van der Waals surface area contributed by atoms with Gasteiger partial charge in [-0.15, -0.1) is 13.2 Å². The van der Waals surface area contributed by atoms with Gasteiger partial charge in [-0.25, -0.2) is 0 Å². The predicted molar refractivity (Wildman–Crippen MR) is 66.6 cm³/mol. The van der Waals surface area contributed by atoms with Crippen LogP contribution in [0.1, 0.15) is 32.1 Å². The lowest BCUT2D eigenvalue weighted by atomic mass is 9.96. The monoisotopic (exact) mass is 209 g/mol. The number of rotatable bonds is 4. The zero-order chi connectivity index (χ0) is 10.6. The molecule has 1 rings (SSSR count). The Kier molecular flexibility index (Phi) is 4.14. The molecule has 80 valence electrons. The van der Waals surface area contributed by atoms with Crippen LogP contribution in [-0.4, -0.2) is 25.9 Å². The molecule has 1 nitrogen and oxygen atoms in total. The quantitative estimate of drug-likeness (QED) is 0.642. The van der Waals surface area contributed by atoms with Gasteiger partial charge >= 0.3 is 0 Å². The number of nitrogens with zero attached hydrogens (tertiary/aromatic N) is 1. The molecule has 0 saturated heterocycles. The van der Waals surface area contributed by atoms with Crippen molar-refractivity contribution in [2.75, 3.05) is 7.05 Å². The Morgan fingerprint density at radius 1 is 1.14 bits per heavy atom. The molecule has 14 heavy (non-hydrogen) atoms. The van der Waals surface area contributed by atoms with E-state index in [9.17, 15) is 0 Å². The maximum atomic E-state index is 3.97. The molecule has 0 aromatic rings. The lowest BCUT2D eigenvalue weighted by molar-refractivity contribution is 0.284. The Labute approximate surface area is 89.6 Å². The molecule has 0 aromatic carbocycles. The van der Waals surface area contributed by atoms with Gasteiger partial charge < -0.3 is 4.57 Å². The first-order chi connectivity index (χ1) is 6.64. The van der Waals surface area contributed by atoms with Crippen molar-refractivity contribution in [2.24, 2.45) is 0 Å². The normalized spacial score (nSPS) is 19.6. The smallest absolute Gasteiger partial charge is 0.173 e. The van der Waals surface area contributed by atoms with Crippen LogP contribution in [0.15, 0.2) is 24.6 Å². The van der Waals surface area contributed by atoms with Crippen molar-refractivity contribution < 1.29 is 0 Å². The van der Waals surface area contributed by atoms with Crippen molar-refractivity contribution in [3.63, 3.8) is 0 Å². The number of hydrogen-bond acceptors (Lipinski definition) is 1. The summed E-state index contributed by atoms with van der Waals surface area (Å²) in [4.78, 5) is 0. The second kappa shape index (κ2) is 4.94. The van der Waals surface area contributed by atoms with Crippen LogP contribution in [0.25, 0.3) is 0 Å². The van der Waals surface area contributed by atoms with Crippen molar-refractivity contribution in [1.82, 2.24) is 4.57 Å². The third-order valence-electron chi connectivity index (χ3n) is 3.71. The van der Waals surface area contributed by atoms with Crippen LogP contribution in [-0.2, 0) is 0 Å². The maximum absolute atomic E-state index is 3.97. The molecule has 2 heteroatoms. The van der Waals surface area contributed by atoms with E-state index in [1.54, 1.807) is 0 Å². The summed E-state index contributed by atoms with van der Waals surface area (Å²) in [6.45, 7) is 10.3. The highest BCUT2D eigenvalue weighted by Gasteiger charge is 2.31. The second-order valence-corrected chi connectivity index (χ2v) is 8.51. The molecule has 0 bridgehead atoms. The highest BCUT2D eigenvalue weighted by Crippen LogP contribution is 2.25. The van der Waals surface area contributed by atoms with Crippen molar-refractivity contribution in [1.29, 1.82) is 0 Å². The van der Waals surface area contributed by atoms with E-state index >= 15 is 0 Å². The van der Waals surface area contributed by atoms with E-state index in [1.165, 1.54) is 32.1 Å². The molecule has 0 amide bonds. The van der Waals surface area contributed by atoms with Gasteiger partial charge in [0.05, 0.1) is 0 Å². The maximum Gasteiger partial charge on any atom is 0.173 e. The summed E-state index contributed by atoms with van der Waals surface area (Å²) in [6.07, 6.45) is 6.94. The van der Waals surface area contributed by atoms with Crippen LogP contribution in [0.3, 0.4) is 0 Å². The molecule has 1 aliphatic carbocycles. The minimum absolute atomic E-state index is 0.774. The molecular formula is C12H23NSi. The number of hydrogen-bond donors (Lipinski definition) is 0. The van der Waals surface area contributed by atoms with E-state index in [4.69, 9.17) is 0 Å². The summed E-state index contributed by atoms with van der Waals surface area (Å²) in [5.74, 6) is 0. The Bertz CT molecular complexity index is 198. The van der Waals surface area contributed by atoms with Crippen molar-refractivity contribution in [2.45, 2.75) is 44.7 Å². The van der Waals surface area contributed by atoms with Gasteiger partial charge in [-0.1, -0.05) is 30.7 Å². The van der Waals surface area contributed by atoms with Crippen LogP contribution in [0.4, 0.5) is 0 Å². The highest BCUT2D eigenvalue weighted by molar-refractivity contribution is 6.85. The summed E-state index contributed by atoms with van der Waals surface area (Å²) < 4.78 is 2.56. The zero-order valence-corrected chi connectivity index (χ0v) is 10.6. The summed E-state index contributed by atoms with van der Waals surface area (Å²) >= 11 is 0. The van der Waals surface area contributed by atoms with Gasteiger partial charge in [0, 0.05) is 6.04 Å². The summed E-state index contributed by atoms with van der Waals surface area (Å²) in [7, 11) is 0.729. The van der Waals surface area contributed by atoms with Crippen molar-refractivity contribution >= 4 is 8.24 Å². The van der Waals surface area contributed by atoms with Gasteiger partial charge in [0.15, 0.2) is 8.24 Å². The van der Waals surface area contributed by atoms with E-state index < -0.39 is 8.24 Å². The molecule has 0 aromatic heterocycles. The molecule has 1 saturated carbocycles. The summed E-state index contributed by atoms with van der Waals surface area (Å²) in [5, 5.41) is 0. The van der Waals surface area contributed by atoms with E-state index in [-0.39, 0.29) is 0 Å². The summed E-state index contributed by atoms with van der Waals surface area (Å²) in [6, 6.07) is 0.774. The van der Waals surface area contributed by atoms with E-state index in [1.807, 2.05) is 0 Å². The van der Waals surface area contributed by atoms with Gasteiger partial charge in [0.2, 0.25) is 0 Å². The first-order valence-electron chi connectivity index (χ1n) is 5.64. The highest BCUT2D eigenvalue weighted by atomic mass is 28.3. The minimum Gasteiger partial charge on any atom is -0.317 e. The Morgan fingerprint density at radius 3 is 2.07 bits per heavy atom. The topological polar surface area (TPSA) is 3.24 Å². The molecule has 0 atom stereocenters. The average Bonchev–Trinajstić information content (AvgIpc) is 2.28. The molecule has 0 unspecified atom stereocenters. The predicted octanol–water partition coefficient (Wildman–Crippen LogP) is 3.28.